The molecule has 1 heterocycles. The van der Waals surface area contributed by atoms with Crippen LogP contribution in [0.4, 0.5) is 0 Å². The van der Waals surface area contributed by atoms with Crippen molar-refractivity contribution in [3.8, 4) is 0 Å². The van der Waals surface area contributed by atoms with Crippen LogP contribution in [0, 0.1) is 0 Å². The Bertz CT molecular complexity index is 411. The highest BCUT2D eigenvalue weighted by atomic mass is 32.2. The van der Waals surface area contributed by atoms with Gasteiger partial charge in [0.05, 0.1) is 12.8 Å². The van der Waals surface area contributed by atoms with Gasteiger partial charge in [0.15, 0.2) is 0 Å². The first-order chi connectivity index (χ1) is 7.38. The third kappa shape index (κ3) is 2.88. The highest BCUT2D eigenvalue weighted by molar-refractivity contribution is 7.98. The summed E-state index contributed by atoms with van der Waals surface area (Å²) in [5, 5.41) is 0. The average Bonchev–Trinajstić information content (AvgIpc) is 2.76. The molecule has 78 valence electrons. The molecule has 0 saturated heterocycles. The van der Waals surface area contributed by atoms with Crippen LogP contribution in [0.25, 0.3) is 0 Å². The second-order valence-corrected chi connectivity index (χ2v) is 4.28. The maximum absolute atomic E-state index is 5.47. The predicted octanol–water partition coefficient (Wildman–Crippen LogP) is 3.03. The lowest BCUT2D eigenvalue weighted by Gasteiger charge is -1.97. The van der Waals surface area contributed by atoms with Gasteiger partial charge >= 0.3 is 0 Å². The average molecular weight is 219 g/mol. The van der Waals surface area contributed by atoms with E-state index >= 15 is 0 Å². The van der Waals surface area contributed by atoms with Gasteiger partial charge in [-0.1, -0.05) is 18.2 Å². The minimum absolute atomic E-state index is 0.468. The fourth-order valence-corrected chi connectivity index (χ4v) is 2.13. The first-order valence-electron chi connectivity index (χ1n) is 4.82. The normalized spacial score (nSPS) is 10.5. The smallest absolute Gasteiger partial charge is 0.117 e. The van der Waals surface area contributed by atoms with Crippen molar-refractivity contribution in [2.45, 2.75) is 17.2 Å². The Hall–Kier alpha value is -1.19. The van der Waals surface area contributed by atoms with Gasteiger partial charge < -0.3 is 10.2 Å². The van der Waals surface area contributed by atoms with E-state index in [1.165, 1.54) is 10.5 Å². The van der Waals surface area contributed by atoms with E-state index < -0.39 is 0 Å². The van der Waals surface area contributed by atoms with Crippen LogP contribution >= 0.6 is 11.8 Å². The van der Waals surface area contributed by atoms with Crippen molar-refractivity contribution in [3.05, 3.63) is 54.0 Å². The van der Waals surface area contributed by atoms with Gasteiger partial charge in [-0.3, -0.25) is 0 Å². The summed E-state index contributed by atoms with van der Waals surface area (Å²) in [6.07, 6.45) is 1.78. The van der Waals surface area contributed by atoms with Crippen LogP contribution in [0.5, 0.6) is 0 Å². The van der Waals surface area contributed by atoms with Crippen LogP contribution < -0.4 is 5.73 Å². The lowest BCUT2D eigenvalue weighted by molar-refractivity contribution is 0.511. The number of rotatable bonds is 4. The lowest BCUT2D eigenvalue weighted by Crippen LogP contribution is -1.92. The minimum atomic E-state index is 0.468. The third-order valence-corrected chi connectivity index (χ3v) is 3.14. The zero-order valence-electron chi connectivity index (χ0n) is 8.35. The molecule has 0 atom stereocenters. The Morgan fingerprint density at radius 1 is 1.20 bits per heavy atom. The van der Waals surface area contributed by atoms with Crippen molar-refractivity contribution in [3.63, 3.8) is 0 Å². The van der Waals surface area contributed by atoms with E-state index in [0.717, 1.165) is 11.5 Å². The van der Waals surface area contributed by atoms with Gasteiger partial charge in [-0.05, 0) is 18.2 Å². The van der Waals surface area contributed by atoms with E-state index in [1.54, 1.807) is 18.0 Å². The van der Waals surface area contributed by atoms with Crippen LogP contribution in [0.15, 0.2) is 52.0 Å². The fourth-order valence-electron chi connectivity index (χ4n) is 1.29. The molecule has 2 nitrogen and oxygen atoms in total. The van der Waals surface area contributed by atoms with Crippen molar-refractivity contribution in [1.29, 1.82) is 0 Å². The summed E-state index contributed by atoms with van der Waals surface area (Å²) in [6.45, 7) is 0.468. The van der Waals surface area contributed by atoms with Gasteiger partial charge in [0.25, 0.3) is 0 Å². The zero-order chi connectivity index (χ0) is 10.5. The fraction of sp³-hybridized carbons (Fsp3) is 0.167. The van der Waals surface area contributed by atoms with Gasteiger partial charge in [0, 0.05) is 16.2 Å². The first-order valence-corrected chi connectivity index (χ1v) is 5.81. The van der Waals surface area contributed by atoms with Gasteiger partial charge in [0.1, 0.15) is 5.76 Å². The first kappa shape index (κ1) is 10.3. The van der Waals surface area contributed by atoms with Crippen LogP contribution in [-0.2, 0) is 12.3 Å². The molecule has 1 aromatic heterocycles. The second-order valence-electron chi connectivity index (χ2n) is 3.23. The Morgan fingerprint density at radius 2 is 2.00 bits per heavy atom. The summed E-state index contributed by atoms with van der Waals surface area (Å²) in [5.41, 5.74) is 6.65. The maximum atomic E-state index is 5.47. The minimum Gasteiger partial charge on any atom is -0.468 e. The third-order valence-electron chi connectivity index (χ3n) is 2.06. The highest BCUT2D eigenvalue weighted by Crippen LogP contribution is 2.23. The van der Waals surface area contributed by atoms with Crippen LogP contribution in [0.1, 0.15) is 11.3 Å². The van der Waals surface area contributed by atoms with E-state index in [9.17, 15) is 0 Å². The Balaban J connectivity index is 1.93. The molecule has 15 heavy (non-hydrogen) atoms. The van der Waals surface area contributed by atoms with Crippen molar-refractivity contribution in [2.24, 2.45) is 5.73 Å². The van der Waals surface area contributed by atoms with Crippen molar-refractivity contribution in [2.75, 3.05) is 0 Å². The van der Waals surface area contributed by atoms with E-state index in [0.29, 0.717) is 6.54 Å². The van der Waals surface area contributed by atoms with Gasteiger partial charge in [-0.2, -0.15) is 0 Å². The predicted molar refractivity (Wildman–Crippen MR) is 62.6 cm³/mol. The number of hydrogen-bond donors (Lipinski definition) is 1. The molecule has 0 spiro atoms. The molecule has 2 N–H and O–H groups in total. The molecule has 0 bridgehead atoms. The zero-order valence-corrected chi connectivity index (χ0v) is 9.17. The molecule has 0 aliphatic rings. The summed E-state index contributed by atoms with van der Waals surface area (Å²) in [6, 6.07) is 12.3. The molecular weight excluding hydrogens is 206 g/mol. The molecule has 0 radical (unpaired) electrons. The SMILES string of the molecule is NCc1cc(CSc2ccccc2)co1. The topological polar surface area (TPSA) is 39.2 Å². The Morgan fingerprint density at radius 3 is 2.67 bits per heavy atom. The number of benzene rings is 1. The molecular formula is C12H13NOS. The molecule has 2 aromatic rings. The van der Waals surface area contributed by atoms with Crippen LogP contribution in [0.2, 0.25) is 0 Å². The largest absolute Gasteiger partial charge is 0.468 e. The molecule has 0 amide bonds. The summed E-state index contributed by atoms with van der Waals surface area (Å²) >= 11 is 1.80. The second kappa shape index (κ2) is 5.05. The number of hydrogen-bond acceptors (Lipinski definition) is 3. The van der Waals surface area contributed by atoms with Gasteiger partial charge in [-0.15, -0.1) is 11.8 Å². The molecule has 0 aliphatic heterocycles. The monoisotopic (exact) mass is 219 g/mol. The summed E-state index contributed by atoms with van der Waals surface area (Å²) in [4.78, 5) is 1.27. The molecule has 0 unspecified atom stereocenters. The standard InChI is InChI=1S/C12H13NOS/c13-7-11-6-10(8-14-11)9-15-12-4-2-1-3-5-12/h1-6,8H,7,9,13H2. The highest BCUT2D eigenvalue weighted by Gasteiger charge is 2.00. The lowest BCUT2D eigenvalue weighted by atomic mass is 10.3. The van der Waals surface area contributed by atoms with Crippen LogP contribution in [-0.4, -0.2) is 0 Å². The van der Waals surface area contributed by atoms with E-state index in [2.05, 4.69) is 12.1 Å². The van der Waals surface area contributed by atoms with Crippen molar-refractivity contribution < 1.29 is 4.42 Å². The summed E-state index contributed by atoms with van der Waals surface area (Å²) < 4.78 is 5.26. The molecule has 3 heteroatoms. The van der Waals surface area contributed by atoms with E-state index in [4.69, 9.17) is 10.2 Å². The number of furan rings is 1. The van der Waals surface area contributed by atoms with Gasteiger partial charge in [0.2, 0.25) is 0 Å². The number of thioether (sulfide) groups is 1. The molecule has 0 fully saturated rings. The molecule has 0 aliphatic carbocycles. The van der Waals surface area contributed by atoms with Crippen molar-refractivity contribution in [1.82, 2.24) is 0 Å². The van der Waals surface area contributed by atoms with E-state index in [-0.39, 0.29) is 0 Å². The van der Waals surface area contributed by atoms with Crippen LogP contribution in [0.3, 0.4) is 0 Å². The Kier molecular flexibility index (Phi) is 3.48. The molecule has 2 rings (SSSR count). The van der Waals surface area contributed by atoms with Crippen molar-refractivity contribution >= 4 is 11.8 Å². The van der Waals surface area contributed by atoms with E-state index in [1.807, 2.05) is 24.3 Å². The maximum Gasteiger partial charge on any atom is 0.117 e. The molecule has 1 aromatic carbocycles. The summed E-state index contributed by atoms with van der Waals surface area (Å²) in [5.74, 6) is 1.77. The summed E-state index contributed by atoms with van der Waals surface area (Å²) in [7, 11) is 0. The number of nitrogens with two attached hydrogens (primary N) is 1. The Labute approximate surface area is 93.5 Å². The van der Waals surface area contributed by atoms with Gasteiger partial charge in [-0.25, -0.2) is 0 Å². The quantitative estimate of drug-likeness (QED) is 0.803. The molecule has 0 saturated carbocycles.